The smallest absolute Gasteiger partial charge is 0.409 e. The molecule has 0 aromatic heterocycles. The normalized spacial score (nSPS) is 18.1. The molecule has 2 aliphatic rings. The summed E-state index contributed by atoms with van der Waals surface area (Å²) in [5.41, 5.74) is 4.08. The number of carbonyl (C=O) groups excluding carboxylic acids is 1. The van der Waals surface area contributed by atoms with Crippen molar-refractivity contribution in [3.8, 4) is 11.1 Å². The summed E-state index contributed by atoms with van der Waals surface area (Å²) in [6.45, 7) is 2.72. The lowest BCUT2D eigenvalue weighted by Gasteiger charge is -2.43. The van der Waals surface area contributed by atoms with Crippen molar-refractivity contribution in [3.05, 3.63) is 59.7 Å². The zero-order valence-electron chi connectivity index (χ0n) is 13.0. The first-order valence-corrected chi connectivity index (χ1v) is 7.87. The number of fused-ring (bicyclic) bond motifs is 3. The highest BCUT2D eigenvalue weighted by Crippen LogP contribution is 2.44. The van der Waals surface area contributed by atoms with Crippen LogP contribution >= 0.6 is 0 Å². The Kier molecular flexibility index (Phi) is 3.16. The number of benzene rings is 2. The van der Waals surface area contributed by atoms with Gasteiger partial charge in [0.05, 0.1) is 18.7 Å². The van der Waals surface area contributed by atoms with Crippen molar-refractivity contribution in [2.24, 2.45) is 0 Å². The minimum Gasteiger partial charge on any atom is -0.448 e. The topological polar surface area (TPSA) is 49.8 Å². The molecule has 0 unspecified atom stereocenters. The van der Waals surface area contributed by atoms with Gasteiger partial charge in [-0.3, -0.25) is 0 Å². The number of hydrogen-bond donors (Lipinski definition) is 1. The lowest BCUT2D eigenvalue weighted by atomic mass is 9.97. The van der Waals surface area contributed by atoms with E-state index in [1.54, 1.807) is 6.92 Å². The summed E-state index contributed by atoms with van der Waals surface area (Å²) < 4.78 is 5.51. The van der Waals surface area contributed by atoms with Gasteiger partial charge < -0.3 is 14.7 Å². The second kappa shape index (κ2) is 5.10. The van der Waals surface area contributed by atoms with Gasteiger partial charge in [0, 0.05) is 5.92 Å². The van der Waals surface area contributed by atoms with E-state index in [2.05, 4.69) is 24.3 Å². The van der Waals surface area contributed by atoms with Gasteiger partial charge in [-0.2, -0.15) is 0 Å². The predicted octanol–water partition coefficient (Wildman–Crippen LogP) is 3.00. The van der Waals surface area contributed by atoms with Crippen LogP contribution < -0.4 is 0 Å². The quantitative estimate of drug-likeness (QED) is 0.928. The molecule has 0 bridgehead atoms. The van der Waals surface area contributed by atoms with E-state index >= 15 is 0 Å². The van der Waals surface area contributed by atoms with Crippen LogP contribution in [0.25, 0.3) is 11.1 Å². The van der Waals surface area contributed by atoms with Crippen molar-refractivity contribution in [2.45, 2.75) is 18.4 Å². The van der Waals surface area contributed by atoms with Crippen molar-refractivity contribution < 1.29 is 14.6 Å². The fourth-order valence-electron chi connectivity index (χ4n) is 3.59. The number of hydrogen-bond acceptors (Lipinski definition) is 3. The van der Waals surface area contributed by atoms with Crippen LogP contribution in [0.1, 0.15) is 24.0 Å². The number of amides is 1. The average Bonchev–Trinajstić information content (AvgIpc) is 2.84. The van der Waals surface area contributed by atoms with Crippen LogP contribution in [0.2, 0.25) is 0 Å². The first-order valence-electron chi connectivity index (χ1n) is 7.87. The maximum absolute atomic E-state index is 12.1. The van der Waals surface area contributed by atoms with Crippen LogP contribution in [0.15, 0.2) is 48.5 Å². The molecule has 1 aliphatic carbocycles. The first kappa shape index (κ1) is 14.3. The molecule has 2 aromatic carbocycles. The Morgan fingerprint density at radius 3 is 2.17 bits per heavy atom. The molecule has 0 radical (unpaired) electrons. The van der Waals surface area contributed by atoms with Crippen LogP contribution in [-0.4, -0.2) is 41.4 Å². The molecule has 1 fully saturated rings. The summed E-state index contributed by atoms with van der Waals surface area (Å²) in [6, 6.07) is 16.5. The van der Waals surface area contributed by atoms with Gasteiger partial charge >= 0.3 is 6.09 Å². The van der Waals surface area contributed by atoms with Crippen LogP contribution in [0, 0.1) is 0 Å². The van der Waals surface area contributed by atoms with E-state index in [9.17, 15) is 9.90 Å². The minimum atomic E-state index is -0.772. The van der Waals surface area contributed by atoms with E-state index < -0.39 is 5.60 Å². The molecule has 1 N–H and O–H groups in total. The SMILES string of the molecule is CC1(O)CN(C(=O)OCC2c3ccccc3-c3ccccc32)C1. The third-order valence-electron chi connectivity index (χ3n) is 4.66. The molecular weight excluding hydrogens is 290 g/mol. The molecule has 23 heavy (non-hydrogen) atoms. The van der Waals surface area contributed by atoms with Gasteiger partial charge in [-0.15, -0.1) is 0 Å². The van der Waals surface area contributed by atoms with E-state index in [4.69, 9.17) is 4.74 Å². The van der Waals surface area contributed by atoms with E-state index in [1.807, 2.05) is 24.3 Å². The zero-order chi connectivity index (χ0) is 16.0. The molecule has 0 spiro atoms. The summed E-state index contributed by atoms with van der Waals surface area (Å²) in [7, 11) is 0. The van der Waals surface area contributed by atoms with E-state index in [0.717, 1.165) is 0 Å². The largest absolute Gasteiger partial charge is 0.448 e. The lowest BCUT2D eigenvalue weighted by Crippen LogP contribution is -2.61. The Bertz CT molecular complexity index is 715. The summed E-state index contributed by atoms with van der Waals surface area (Å²) in [6.07, 6.45) is -0.349. The fraction of sp³-hybridized carbons (Fsp3) is 0.316. The van der Waals surface area contributed by atoms with Crippen LogP contribution in [0.3, 0.4) is 0 Å². The Hall–Kier alpha value is -2.33. The van der Waals surface area contributed by atoms with Crippen LogP contribution in [0.4, 0.5) is 4.79 Å². The van der Waals surface area contributed by atoms with E-state index in [1.165, 1.54) is 27.2 Å². The van der Waals surface area contributed by atoms with Crippen LogP contribution in [0.5, 0.6) is 0 Å². The standard InChI is InChI=1S/C19H19NO3/c1-19(22)11-20(12-19)18(21)23-10-17-15-8-4-2-6-13(15)14-7-3-5-9-16(14)17/h2-9,17,22H,10-12H2,1H3. The molecule has 0 saturated carbocycles. The summed E-state index contributed by atoms with van der Waals surface area (Å²) in [5.74, 6) is 0.0770. The molecular formula is C19H19NO3. The molecule has 4 nitrogen and oxygen atoms in total. The summed E-state index contributed by atoms with van der Waals surface area (Å²) >= 11 is 0. The fourth-order valence-corrected chi connectivity index (χ4v) is 3.59. The third kappa shape index (κ3) is 2.39. The summed E-state index contributed by atoms with van der Waals surface area (Å²) in [4.78, 5) is 13.6. The molecule has 1 saturated heterocycles. The van der Waals surface area contributed by atoms with Crippen molar-refractivity contribution in [3.63, 3.8) is 0 Å². The zero-order valence-corrected chi connectivity index (χ0v) is 13.0. The number of likely N-dealkylation sites (tertiary alicyclic amines) is 1. The van der Waals surface area contributed by atoms with Gasteiger partial charge in [0.2, 0.25) is 0 Å². The van der Waals surface area contributed by atoms with Gasteiger partial charge in [0.25, 0.3) is 0 Å². The molecule has 1 amide bonds. The van der Waals surface area contributed by atoms with Crippen molar-refractivity contribution in [1.82, 2.24) is 4.90 Å². The molecule has 118 valence electrons. The van der Waals surface area contributed by atoms with Gasteiger partial charge in [-0.1, -0.05) is 48.5 Å². The predicted molar refractivity (Wildman–Crippen MR) is 87.3 cm³/mol. The highest BCUT2D eigenvalue weighted by Gasteiger charge is 2.40. The number of ether oxygens (including phenoxy) is 1. The molecule has 1 heterocycles. The van der Waals surface area contributed by atoms with E-state index in [0.29, 0.717) is 19.7 Å². The van der Waals surface area contributed by atoms with E-state index in [-0.39, 0.29) is 12.0 Å². The van der Waals surface area contributed by atoms with Crippen molar-refractivity contribution >= 4 is 6.09 Å². The van der Waals surface area contributed by atoms with Gasteiger partial charge in [0.1, 0.15) is 6.61 Å². The van der Waals surface area contributed by atoms with Crippen molar-refractivity contribution in [1.29, 1.82) is 0 Å². The van der Waals surface area contributed by atoms with Gasteiger partial charge in [-0.25, -0.2) is 4.79 Å². The maximum atomic E-state index is 12.1. The number of aliphatic hydroxyl groups is 1. The number of nitrogens with zero attached hydrogens (tertiary/aromatic N) is 1. The van der Waals surface area contributed by atoms with Gasteiger partial charge in [0.15, 0.2) is 0 Å². The molecule has 1 aliphatic heterocycles. The van der Waals surface area contributed by atoms with Crippen LogP contribution in [-0.2, 0) is 4.74 Å². The Morgan fingerprint density at radius 1 is 1.13 bits per heavy atom. The van der Waals surface area contributed by atoms with Gasteiger partial charge in [-0.05, 0) is 29.2 Å². The Morgan fingerprint density at radius 2 is 1.65 bits per heavy atom. The second-order valence-electron chi connectivity index (χ2n) is 6.66. The Balaban J connectivity index is 1.52. The second-order valence-corrected chi connectivity index (χ2v) is 6.66. The number of β-amino-alcohol motifs (C(OH)–C–C–N with tert-alkyl or cyclic N) is 1. The lowest BCUT2D eigenvalue weighted by molar-refractivity contribution is -0.0752. The first-order chi connectivity index (χ1) is 11.1. The third-order valence-corrected chi connectivity index (χ3v) is 4.66. The highest BCUT2D eigenvalue weighted by molar-refractivity contribution is 5.79. The molecule has 2 aromatic rings. The Labute approximate surface area is 135 Å². The average molecular weight is 309 g/mol. The number of rotatable bonds is 2. The maximum Gasteiger partial charge on any atom is 0.409 e. The molecule has 0 atom stereocenters. The van der Waals surface area contributed by atoms with Crippen molar-refractivity contribution in [2.75, 3.05) is 19.7 Å². The molecule has 4 heteroatoms. The minimum absolute atomic E-state index is 0.0770. The number of carbonyl (C=O) groups is 1. The monoisotopic (exact) mass is 309 g/mol. The highest BCUT2D eigenvalue weighted by atomic mass is 16.6. The molecule has 4 rings (SSSR count). The summed E-state index contributed by atoms with van der Waals surface area (Å²) in [5, 5.41) is 9.72.